The number of hydrogen-bond acceptors (Lipinski definition) is 3. The smallest absolute Gasteiger partial charge is 0.135 e. The highest BCUT2D eigenvalue weighted by atomic mass is 79.9. The van der Waals surface area contributed by atoms with Crippen molar-refractivity contribution in [2.75, 3.05) is 11.9 Å². The first kappa shape index (κ1) is 13.0. The van der Waals surface area contributed by atoms with E-state index in [1.165, 1.54) is 5.56 Å². The van der Waals surface area contributed by atoms with Gasteiger partial charge in [-0.3, -0.25) is 0 Å². The number of nitrogens with one attached hydrogen (secondary N) is 1. The van der Waals surface area contributed by atoms with Crippen molar-refractivity contribution in [1.29, 1.82) is 0 Å². The quantitative estimate of drug-likeness (QED) is 0.938. The summed E-state index contributed by atoms with van der Waals surface area (Å²) in [5, 5.41) is 3.23. The van der Waals surface area contributed by atoms with E-state index in [4.69, 9.17) is 0 Å². The molecule has 1 aromatic heterocycles. The fourth-order valence-corrected chi connectivity index (χ4v) is 2.26. The van der Waals surface area contributed by atoms with Gasteiger partial charge >= 0.3 is 0 Å². The van der Waals surface area contributed by atoms with Gasteiger partial charge in [0.25, 0.3) is 0 Å². The minimum absolute atomic E-state index is 0.750. The maximum absolute atomic E-state index is 4.51. The predicted octanol–water partition coefficient (Wildman–Crippen LogP) is 3.57. The van der Waals surface area contributed by atoms with Crippen LogP contribution in [0.5, 0.6) is 0 Å². The number of anilines is 1. The van der Waals surface area contributed by atoms with E-state index in [1.54, 1.807) is 0 Å². The van der Waals surface area contributed by atoms with Crippen LogP contribution >= 0.6 is 15.9 Å². The van der Waals surface area contributed by atoms with Gasteiger partial charge < -0.3 is 5.32 Å². The van der Waals surface area contributed by atoms with Crippen molar-refractivity contribution in [2.24, 2.45) is 0 Å². The van der Waals surface area contributed by atoms with Gasteiger partial charge in [-0.25, -0.2) is 9.97 Å². The Hall–Kier alpha value is -1.42. The Morgan fingerprint density at radius 1 is 1.22 bits per heavy atom. The minimum Gasteiger partial charge on any atom is -0.370 e. The van der Waals surface area contributed by atoms with Crippen LogP contribution < -0.4 is 5.32 Å². The summed E-state index contributed by atoms with van der Waals surface area (Å²) in [6.07, 6.45) is 0.750. The first-order chi connectivity index (χ1) is 8.67. The molecule has 94 valence electrons. The zero-order valence-electron chi connectivity index (χ0n) is 10.6. The van der Waals surface area contributed by atoms with Crippen LogP contribution in [0.4, 0.5) is 5.82 Å². The van der Waals surface area contributed by atoms with Crippen molar-refractivity contribution < 1.29 is 0 Å². The molecule has 0 radical (unpaired) electrons. The molecule has 0 unspecified atom stereocenters. The van der Waals surface area contributed by atoms with Crippen molar-refractivity contribution >= 4 is 21.7 Å². The van der Waals surface area contributed by atoms with Gasteiger partial charge in [-0.05, 0) is 31.5 Å². The van der Waals surface area contributed by atoms with Crippen LogP contribution in [0.2, 0.25) is 0 Å². The van der Waals surface area contributed by atoms with Gasteiger partial charge in [0.05, 0.1) is 0 Å². The number of halogens is 1. The molecule has 1 aromatic carbocycles. The predicted molar refractivity (Wildman–Crippen MR) is 77.9 cm³/mol. The fourth-order valence-electron chi connectivity index (χ4n) is 1.81. The normalized spacial score (nSPS) is 10.4. The number of aryl methyl sites for hydroxylation is 1. The zero-order chi connectivity index (χ0) is 13.0. The van der Waals surface area contributed by atoms with Crippen LogP contribution in [-0.4, -0.2) is 16.5 Å². The summed E-state index contributed by atoms with van der Waals surface area (Å²) < 4.78 is 1.08. The highest BCUT2D eigenvalue weighted by Crippen LogP contribution is 2.15. The lowest BCUT2D eigenvalue weighted by atomic mass is 10.1. The van der Waals surface area contributed by atoms with Gasteiger partial charge in [-0.1, -0.05) is 28.1 Å². The molecule has 0 amide bonds. The lowest BCUT2D eigenvalue weighted by Crippen LogP contribution is -2.05. The highest BCUT2D eigenvalue weighted by molar-refractivity contribution is 9.10. The first-order valence-corrected chi connectivity index (χ1v) is 6.79. The van der Waals surface area contributed by atoms with Gasteiger partial charge in [-0.2, -0.15) is 0 Å². The number of nitrogens with zero attached hydrogens (tertiary/aromatic N) is 2. The zero-order valence-corrected chi connectivity index (χ0v) is 12.2. The van der Waals surface area contributed by atoms with Crippen molar-refractivity contribution in [3.8, 4) is 0 Å². The third-order valence-corrected chi connectivity index (χ3v) is 3.00. The van der Waals surface area contributed by atoms with Crippen LogP contribution in [0.25, 0.3) is 0 Å². The summed E-state index contributed by atoms with van der Waals surface area (Å²) in [4.78, 5) is 8.99. The molecule has 1 N–H and O–H groups in total. The van der Waals surface area contributed by atoms with E-state index in [1.807, 2.05) is 25.1 Å². The SMILES string of the molecule is CCNc1cc(C)nc(Cc2cccc(Br)c2)n1. The van der Waals surface area contributed by atoms with Crippen LogP contribution in [0.3, 0.4) is 0 Å². The molecular formula is C14H16BrN3. The van der Waals surface area contributed by atoms with E-state index in [0.717, 1.165) is 34.8 Å². The minimum atomic E-state index is 0.750. The summed E-state index contributed by atoms with van der Waals surface area (Å²) in [5.74, 6) is 1.75. The molecule has 0 saturated carbocycles. The number of hydrogen-bond donors (Lipinski definition) is 1. The Morgan fingerprint density at radius 3 is 2.78 bits per heavy atom. The molecule has 0 aliphatic rings. The molecular weight excluding hydrogens is 290 g/mol. The van der Waals surface area contributed by atoms with Crippen LogP contribution in [0.1, 0.15) is 24.0 Å². The Balaban J connectivity index is 2.23. The largest absolute Gasteiger partial charge is 0.370 e. The van der Waals surface area contributed by atoms with Crippen molar-refractivity contribution in [2.45, 2.75) is 20.3 Å². The molecule has 0 saturated heterocycles. The maximum atomic E-state index is 4.51. The second kappa shape index (κ2) is 5.96. The van der Waals surface area contributed by atoms with E-state index in [9.17, 15) is 0 Å². The van der Waals surface area contributed by atoms with Crippen LogP contribution in [-0.2, 0) is 6.42 Å². The Morgan fingerprint density at radius 2 is 2.06 bits per heavy atom. The molecule has 0 fully saturated rings. The lowest BCUT2D eigenvalue weighted by Gasteiger charge is -2.07. The number of rotatable bonds is 4. The molecule has 0 aliphatic heterocycles. The molecule has 0 bridgehead atoms. The third kappa shape index (κ3) is 3.53. The molecule has 2 aromatic rings. The second-order valence-electron chi connectivity index (χ2n) is 4.15. The van der Waals surface area contributed by atoms with Crippen molar-refractivity contribution in [3.63, 3.8) is 0 Å². The average Bonchev–Trinajstić information content (AvgIpc) is 2.28. The standard InChI is InChI=1S/C14H16BrN3/c1-3-16-13-7-10(2)17-14(18-13)9-11-5-4-6-12(15)8-11/h4-8H,3,9H2,1-2H3,(H,16,17,18). The maximum Gasteiger partial charge on any atom is 0.135 e. The molecule has 4 heteroatoms. The van der Waals surface area contributed by atoms with Crippen LogP contribution in [0, 0.1) is 6.92 Å². The van der Waals surface area contributed by atoms with E-state index >= 15 is 0 Å². The molecule has 0 atom stereocenters. The summed E-state index contributed by atoms with van der Waals surface area (Å²) in [5.41, 5.74) is 2.20. The summed E-state index contributed by atoms with van der Waals surface area (Å²) in [6.45, 7) is 4.92. The highest BCUT2D eigenvalue weighted by Gasteiger charge is 2.03. The van der Waals surface area contributed by atoms with E-state index in [2.05, 4.69) is 50.3 Å². The Labute approximate surface area is 116 Å². The molecule has 1 heterocycles. The second-order valence-corrected chi connectivity index (χ2v) is 5.06. The van der Waals surface area contributed by atoms with Crippen molar-refractivity contribution in [3.05, 3.63) is 51.9 Å². The van der Waals surface area contributed by atoms with Gasteiger partial charge in [-0.15, -0.1) is 0 Å². The molecule has 2 rings (SSSR count). The van der Waals surface area contributed by atoms with E-state index in [0.29, 0.717) is 0 Å². The van der Waals surface area contributed by atoms with Gasteiger partial charge in [0, 0.05) is 29.2 Å². The summed E-state index contributed by atoms with van der Waals surface area (Å²) in [7, 11) is 0. The number of aromatic nitrogens is 2. The summed E-state index contributed by atoms with van der Waals surface area (Å²) >= 11 is 3.48. The Bertz CT molecular complexity index is 540. The van der Waals surface area contributed by atoms with E-state index in [-0.39, 0.29) is 0 Å². The third-order valence-electron chi connectivity index (χ3n) is 2.51. The molecule has 0 aliphatic carbocycles. The van der Waals surface area contributed by atoms with Crippen LogP contribution in [0.15, 0.2) is 34.8 Å². The number of benzene rings is 1. The molecule has 18 heavy (non-hydrogen) atoms. The Kier molecular flexibility index (Phi) is 4.31. The monoisotopic (exact) mass is 305 g/mol. The lowest BCUT2D eigenvalue weighted by molar-refractivity contribution is 0.938. The fraction of sp³-hybridized carbons (Fsp3) is 0.286. The van der Waals surface area contributed by atoms with E-state index < -0.39 is 0 Å². The average molecular weight is 306 g/mol. The summed E-state index contributed by atoms with van der Waals surface area (Å²) in [6, 6.07) is 10.2. The first-order valence-electron chi connectivity index (χ1n) is 6.00. The van der Waals surface area contributed by atoms with Gasteiger partial charge in [0.15, 0.2) is 0 Å². The molecule has 0 spiro atoms. The molecule has 3 nitrogen and oxygen atoms in total. The van der Waals surface area contributed by atoms with Gasteiger partial charge in [0.2, 0.25) is 0 Å². The van der Waals surface area contributed by atoms with Gasteiger partial charge in [0.1, 0.15) is 11.6 Å². The van der Waals surface area contributed by atoms with Crippen molar-refractivity contribution in [1.82, 2.24) is 9.97 Å². The topological polar surface area (TPSA) is 37.8 Å².